The molecule has 0 amide bonds. The van der Waals surface area contributed by atoms with Gasteiger partial charge in [0, 0.05) is 13.1 Å². The van der Waals surface area contributed by atoms with Crippen LogP contribution in [0.2, 0.25) is 0 Å². The van der Waals surface area contributed by atoms with E-state index in [2.05, 4.69) is 45.0 Å². The maximum atomic E-state index is 3.46. The molecule has 120 valence electrons. The lowest BCUT2D eigenvalue weighted by Gasteiger charge is -2.36. The summed E-state index contributed by atoms with van der Waals surface area (Å²) in [6.07, 6.45) is 8.40. The van der Waals surface area contributed by atoms with Crippen LogP contribution in [-0.2, 0) is 0 Å². The summed E-state index contributed by atoms with van der Waals surface area (Å²) in [4.78, 5) is 2.77. The van der Waals surface area contributed by atoms with E-state index in [1.54, 1.807) is 0 Å². The Labute approximate surface area is 127 Å². The summed E-state index contributed by atoms with van der Waals surface area (Å²) in [6, 6.07) is 0. The van der Waals surface area contributed by atoms with Crippen LogP contribution in [0.3, 0.4) is 0 Å². The van der Waals surface area contributed by atoms with Crippen LogP contribution in [0.1, 0.15) is 66.2 Å². The molecule has 0 aromatic rings. The monoisotopic (exact) mass is 282 g/mol. The predicted molar refractivity (Wildman–Crippen MR) is 90.2 cm³/mol. The summed E-state index contributed by atoms with van der Waals surface area (Å²) in [7, 11) is 2.12. The average molecular weight is 283 g/mol. The van der Waals surface area contributed by atoms with Crippen molar-refractivity contribution in [3.63, 3.8) is 0 Å². The topological polar surface area (TPSA) is 15.3 Å². The minimum atomic E-state index is 0.558. The van der Waals surface area contributed by atoms with Crippen molar-refractivity contribution in [2.45, 2.75) is 66.2 Å². The van der Waals surface area contributed by atoms with Crippen LogP contribution in [-0.4, -0.2) is 38.1 Å². The van der Waals surface area contributed by atoms with Crippen molar-refractivity contribution in [3.05, 3.63) is 0 Å². The van der Waals surface area contributed by atoms with Crippen LogP contribution in [0.5, 0.6) is 0 Å². The van der Waals surface area contributed by atoms with Gasteiger partial charge in [-0.1, -0.05) is 40.5 Å². The first-order valence-corrected chi connectivity index (χ1v) is 8.84. The highest BCUT2D eigenvalue weighted by atomic mass is 15.1. The third-order valence-corrected chi connectivity index (χ3v) is 4.82. The molecule has 2 heteroatoms. The first-order valence-electron chi connectivity index (χ1n) is 8.84. The van der Waals surface area contributed by atoms with Gasteiger partial charge in [0.05, 0.1) is 0 Å². The van der Waals surface area contributed by atoms with Crippen molar-refractivity contribution in [1.82, 2.24) is 10.2 Å². The van der Waals surface area contributed by atoms with Crippen LogP contribution in [0.25, 0.3) is 0 Å². The number of hydrogen-bond donors (Lipinski definition) is 1. The van der Waals surface area contributed by atoms with Crippen molar-refractivity contribution in [2.75, 3.05) is 33.2 Å². The van der Waals surface area contributed by atoms with Gasteiger partial charge in [-0.05, 0) is 63.1 Å². The van der Waals surface area contributed by atoms with E-state index in [0.29, 0.717) is 5.41 Å². The lowest BCUT2D eigenvalue weighted by molar-refractivity contribution is 0.140. The Morgan fingerprint density at radius 1 is 0.950 bits per heavy atom. The van der Waals surface area contributed by atoms with Crippen molar-refractivity contribution in [3.8, 4) is 0 Å². The zero-order valence-corrected chi connectivity index (χ0v) is 14.7. The Morgan fingerprint density at radius 2 is 1.45 bits per heavy atom. The SMILES string of the molecule is CNCC1(CN(CCC(C)C)CCC(C)C)CCCC1. The van der Waals surface area contributed by atoms with Gasteiger partial charge in [0.25, 0.3) is 0 Å². The minimum absolute atomic E-state index is 0.558. The molecule has 0 aromatic heterocycles. The molecule has 0 aliphatic heterocycles. The van der Waals surface area contributed by atoms with E-state index in [1.165, 1.54) is 64.7 Å². The number of rotatable bonds is 10. The molecule has 1 rings (SSSR count). The highest BCUT2D eigenvalue weighted by Crippen LogP contribution is 2.38. The molecule has 1 N–H and O–H groups in total. The molecule has 2 nitrogen and oxygen atoms in total. The molecule has 20 heavy (non-hydrogen) atoms. The summed E-state index contributed by atoms with van der Waals surface area (Å²) >= 11 is 0. The second kappa shape index (κ2) is 9.04. The second-order valence-corrected chi connectivity index (χ2v) is 7.88. The van der Waals surface area contributed by atoms with E-state index in [1.807, 2.05) is 0 Å². The van der Waals surface area contributed by atoms with Crippen molar-refractivity contribution in [1.29, 1.82) is 0 Å². The third-order valence-electron chi connectivity index (χ3n) is 4.82. The van der Waals surface area contributed by atoms with Crippen molar-refractivity contribution >= 4 is 0 Å². The van der Waals surface area contributed by atoms with Gasteiger partial charge in [-0.3, -0.25) is 0 Å². The van der Waals surface area contributed by atoms with Gasteiger partial charge in [0.1, 0.15) is 0 Å². The maximum Gasteiger partial charge on any atom is 0.00501 e. The molecule has 0 aromatic carbocycles. The zero-order valence-electron chi connectivity index (χ0n) is 14.7. The minimum Gasteiger partial charge on any atom is -0.319 e. The summed E-state index contributed by atoms with van der Waals surface area (Å²) in [5.74, 6) is 1.64. The van der Waals surface area contributed by atoms with Gasteiger partial charge in [0.2, 0.25) is 0 Å². The lowest BCUT2D eigenvalue weighted by atomic mass is 9.85. The molecule has 1 aliphatic carbocycles. The van der Waals surface area contributed by atoms with Gasteiger partial charge in [-0.25, -0.2) is 0 Å². The van der Waals surface area contributed by atoms with Crippen LogP contribution in [0, 0.1) is 17.3 Å². The predicted octanol–water partition coefficient (Wildman–Crippen LogP) is 4.16. The molecule has 0 unspecified atom stereocenters. The molecule has 1 saturated carbocycles. The summed E-state index contributed by atoms with van der Waals surface area (Å²) < 4.78 is 0. The number of nitrogens with zero attached hydrogens (tertiary/aromatic N) is 1. The fraction of sp³-hybridized carbons (Fsp3) is 1.00. The first-order chi connectivity index (χ1) is 9.47. The lowest BCUT2D eigenvalue weighted by Crippen LogP contribution is -2.43. The Hall–Kier alpha value is -0.0800. The van der Waals surface area contributed by atoms with E-state index in [-0.39, 0.29) is 0 Å². The Balaban J connectivity index is 2.55. The van der Waals surface area contributed by atoms with Crippen molar-refractivity contribution in [2.24, 2.45) is 17.3 Å². The Kier molecular flexibility index (Phi) is 8.13. The normalized spacial score (nSPS) is 18.6. The number of nitrogens with one attached hydrogen (secondary N) is 1. The van der Waals surface area contributed by atoms with Crippen LogP contribution in [0.15, 0.2) is 0 Å². The molecule has 0 saturated heterocycles. The molecule has 0 bridgehead atoms. The zero-order chi connectivity index (χ0) is 15.0. The van der Waals surface area contributed by atoms with Gasteiger partial charge in [-0.15, -0.1) is 0 Å². The van der Waals surface area contributed by atoms with E-state index in [0.717, 1.165) is 11.8 Å². The molecular formula is C18H38N2. The molecule has 1 aliphatic rings. The summed E-state index contributed by atoms with van der Waals surface area (Å²) in [6.45, 7) is 14.5. The maximum absolute atomic E-state index is 3.46. The van der Waals surface area contributed by atoms with Crippen LogP contribution >= 0.6 is 0 Å². The standard InChI is InChI=1S/C18H38N2/c1-16(2)8-12-20(13-9-17(3)4)15-18(14-19-5)10-6-7-11-18/h16-17,19H,6-15H2,1-5H3. The van der Waals surface area contributed by atoms with Gasteiger partial charge < -0.3 is 10.2 Å². The first kappa shape index (κ1) is 18.0. The largest absolute Gasteiger partial charge is 0.319 e. The van der Waals surface area contributed by atoms with Crippen LogP contribution in [0.4, 0.5) is 0 Å². The summed E-state index contributed by atoms with van der Waals surface area (Å²) in [5, 5.41) is 3.46. The molecule has 0 radical (unpaired) electrons. The van der Waals surface area contributed by atoms with E-state index in [9.17, 15) is 0 Å². The van der Waals surface area contributed by atoms with E-state index in [4.69, 9.17) is 0 Å². The smallest absolute Gasteiger partial charge is 0.00501 e. The van der Waals surface area contributed by atoms with Gasteiger partial charge >= 0.3 is 0 Å². The van der Waals surface area contributed by atoms with Crippen LogP contribution < -0.4 is 5.32 Å². The Morgan fingerprint density at radius 3 is 1.85 bits per heavy atom. The quantitative estimate of drug-likeness (QED) is 0.647. The molecule has 1 fully saturated rings. The van der Waals surface area contributed by atoms with Gasteiger partial charge in [0.15, 0.2) is 0 Å². The van der Waals surface area contributed by atoms with Crippen molar-refractivity contribution < 1.29 is 0 Å². The molecular weight excluding hydrogens is 244 g/mol. The van der Waals surface area contributed by atoms with Gasteiger partial charge in [-0.2, -0.15) is 0 Å². The fourth-order valence-corrected chi connectivity index (χ4v) is 3.52. The molecule has 0 atom stereocenters. The highest BCUT2D eigenvalue weighted by molar-refractivity contribution is 4.89. The number of hydrogen-bond acceptors (Lipinski definition) is 2. The molecule has 0 spiro atoms. The highest BCUT2D eigenvalue weighted by Gasteiger charge is 2.34. The third kappa shape index (κ3) is 6.58. The van der Waals surface area contributed by atoms with E-state index < -0.39 is 0 Å². The summed E-state index contributed by atoms with van der Waals surface area (Å²) in [5.41, 5.74) is 0.558. The average Bonchev–Trinajstić information content (AvgIpc) is 2.81. The Bertz CT molecular complexity index is 230. The molecule has 0 heterocycles. The second-order valence-electron chi connectivity index (χ2n) is 7.88. The fourth-order valence-electron chi connectivity index (χ4n) is 3.52. The van der Waals surface area contributed by atoms with E-state index >= 15 is 0 Å².